The second-order valence-corrected chi connectivity index (χ2v) is 6.26. The summed E-state index contributed by atoms with van der Waals surface area (Å²) in [5.74, 6) is -0.247. The first-order valence-corrected chi connectivity index (χ1v) is 7.17. The highest BCUT2D eigenvalue weighted by molar-refractivity contribution is 6.32. The molecule has 0 amide bonds. The number of carbonyl (C=O) groups is 1. The third-order valence-corrected chi connectivity index (χ3v) is 4.93. The molecule has 1 aromatic rings. The fraction of sp³-hybridized carbons (Fsp3) is 0.438. The lowest BCUT2D eigenvalue weighted by molar-refractivity contribution is -0.133. The maximum atomic E-state index is 11.7. The maximum Gasteiger partial charge on any atom is 0.332 e. The van der Waals surface area contributed by atoms with Crippen LogP contribution in [0.1, 0.15) is 43.7 Å². The van der Waals surface area contributed by atoms with E-state index in [0.29, 0.717) is 16.5 Å². The lowest BCUT2D eigenvalue weighted by Crippen LogP contribution is -2.35. The zero-order valence-corrected chi connectivity index (χ0v) is 11.7. The van der Waals surface area contributed by atoms with Crippen molar-refractivity contribution < 1.29 is 9.90 Å². The summed E-state index contributed by atoms with van der Waals surface area (Å²) in [6.07, 6.45) is 5.89. The van der Waals surface area contributed by atoms with Crippen molar-refractivity contribution in [2.45, 2.75) is 38.0 Å². The first-order valence-electron chi connectivity index (χ1n) is 6.79. The third-order valence-electron chi connectivity index (χ3n) is 4.60. The number of fused-ring (bicyclic) bond motifs is 2. The van der Waals surface area contributed by atoms with Crippen LogP contribution in [-0.4, -0.2) is 11.1 Å². The van der Waals surface area contributed by atoms with Crippen LogP contribution in [0.25, 0.3) is 6.08 Å². The van der Waals surface area contributed by atoms with Crippen molar-refractivity contribution in [1.82, 2.24) is 0 Å². The fourth-order valence-corrected chi connectivity index (χ4v) is 4.06. The maximum absolute atomic E-state index is 11.7. The van der Waals surface area contributed by atoms with E-state index in [2.05, 4.69) is 6.92 Å². The van der Waals surface area contributed by atoms with E-state index < -0.39 is 5.97 Å². The number of rotatable bonds is 1. The van der Waals surface area contributed by atoms with Gasteiger partial charge in [-0.05, 0) is 42.0 Å². The molecule has 0 aromatic heterocycles. The average Bonchev–Trinajstić information content (AvgIpc) is 2.66. The van der Waals surface area contributed by atoms with Crippen LogP contribution in [0.5, 0.6) is 0 Å². The van der Waals surface area contributed by atoms with E-state index in [4.69, 9.17) is 11.6 Å². The minimum Gasteiger partial charge on any atom is -0.478 e. The van der Waals surface area contributed by atoms with Crippen LogP contribution in [0.3, 0.4) is 0 Å². The average molecular weight is 277 g/mol. The standard InChI is InChI=1S/C16H17ClO2/c1-10-4-3-7-16(9-10)12-5-2-6-14(17)11(12)8-13(16)15(18)19/h2,5-6,8,10H,3-4,7,9H2,1H3,(H,18,19)/t10?,16-/m0/s1. The monoisotopic (exact) mass is 276 g/mol. The Balaban J connectivity index is 2.20. The second-order valence-electron chi connectivity index (χ2n) is 5.85. The molecule has 3 rings (SSSR count). The first-order chi connectivity index (χ1) is 9.04. The molecule has 3 heteroatoms. The van der Waals surface area contributed by atoms with Crippen LogP contribution in [0.2, 0.25) is 5.02 Å². The molecule has 2 atom stereocenters. The quantitative estimate of drug-likeness (QED) is 0.832. The number of aliphatic carboxylic acids is 1. The first kappa shape index (κ1) is 12.7. The van der Waals surface area contributed by atoms with Gasteiger partial charge in [0.25, 0.3) is 0 Å². The van der Waals surface area contributed by atoms with Crippen molar-refractivity contribution in [1.29, 1.82) is 0 Å². The predicted octanol–water partition coefficient (Wildman–Crippen LogP) is 4.27. The van der Waals surface area contributed by atoms with Crippen LogP contribution >= 0.6 is 11.6 Å². The zero-order valence-electron chi connectivity index (χ0n) is 10.9. The van der Waals surface area contributed by atoms with E-state index in [1.54, 1.807) is 6.08 Å². The SMILES string of the molecule is CC1CCC[C@@]2(C1)C(C(=O)O)=Cc1c(Cl)cccc12. The van der Waals surface area contributed by atoms with Gasteiger partial charge in [-0.15, -0.1) is 0 Å². The Kier molecular flexibility index (Phi) is 2.94. The van der Waals surface area contributed by atoms with Gasteiger partial charge in [0.1, 0.15) is 0 Å². The topological polar surface area (TPSA) is 37.3 Å². The summed E-state index contributed by atoms with van der Waals surface area (Å²) in [5.41, 5.74) is 2.24. The normalized spacial score (nSPS) is 29.2. The van der Waals surface area contributed by atoms with Crippen LogP contribution in [-0.2, 0) is 10.2 Å². The molecule has 1 unspecified atom stereocenters. The third kappa shape index (κ3) is 1.81. The molecule has 2 aliphatic carbocycles. The molecule has 1 fully saturated rings. The summed E-state index contributed by atoms with van der Waals surface area (Å²) in [4.78, 5) is 11.7. The molecular weight excluding hydrogens is 260 g/mol. The molecule has 1 spiro atoms. The molecule has 0 bridgehead atoms. The smallest absolute Gasteiger partial charge is 0.332 e. The molecule has 19 heavy (non-hydrogen) atoms. The van der Waals surface area contributed by atoms with Crippen molar-refractivity contribution in [2.75, 3.05) is 0 Å². The van der Waals surface area contributed by atoms with Gasteiger partial charge in [-0.1, -0.05) is 43.5 Å². The van der Waals surface area contributed by atoms with E-state index in [1.807, 2.05) is 18.2 Å². The number of hydrogen-bond acceptors (Lipinski definition) is 1. The van der Waals surface area contributed by atoms with Gasteiger partial charge in [0, 0.05) is 16.0 Å². The highest BCUT2D eigenvalue weighted by atomic mass is 35.5. The van der Waals surface area contributed by atoms with Gasteiger partial charge in [0.2, 0.25) is 0 Å². The molecule has 0 radical (unpaired) electrons. The van der Waals surface area contributed by atoms with E-state index in [1.165, 1.54) is 6.42 Å². The highest BCUT2D eigenvalue weighted by Gasteiger charge is 2.47. The number of carboxylic acids is 1. The van der Waals surface area contributed by atoms with E-state index >= 15 is 0 Å². The predicted molar refractivity (Wildman–Crippen MR) is 76.4 cm³/mol. The Labute approximate surface area is 118 Å². The van der Waals surface area contributed by atoms with E-state index in [-0.39, 0.29) is 5.41 Å². The Morgan fingerprint density at radius 2 is 2.26 bits per heavy atom. The molecule has 0 aliphatic heterocycles. The van der Waals surface area contributed by atoms with Gasteiger partial charge in [0.15, 0.2) is 0 Å². The number of hydrogen-bond donors (Lipinski definition) is 1. The van der Waals surface area contributed by atoms with Crippen molar-refractivity contribution in [3.8, 4) is 0 Å². The molecule has 1 saturated carbocycles. The van der Waals surface area contributed by atoms with Crippen LogP contribution in [0.15, 0.2) is 23.8 Å². The van der Waals surface area contributed by atoms with Crippen molar-refractivity contribution in [3.63, 3.8) is 0 Å². The minimum absolute atomic E-state index is 0.316. The van der Waals surface area contributed by atoms with E-state index in [0.717, 1.165) is 30.4 Å². The fourth-order valence-electron chi connectivity index (χ4n) is 3.84. The number of halogens is 1. The second kappa shape index (κ2) is 4.38. The lowest BCUT2D eigenvalue weighted by Gasteiger charge is -2.39. The van der Waals surface area contributed by atoms with Crippen LogP contribution in [0.4, 0.5) is 0 Å². The van der Waals surface area contributed by atoms with E-state index in [9.17, 15) is 9.90 Å². The molecule has 100 valence electrons. The van der Waals surface area contributed by atoms with Gasteiger partial charge < -0.3 is 5.11 Å². The Hall–Kier alpha value is -1.28. The summed E-state index contributed by atoms with van der Waals surface area (Å²) >= 11 is 6.24. The molecule has 0 saturated heterocycles. The van der Waals surface area contributed by atoms with Crippen molar-refractivity contribution >= 4 is 23.6 Å². The molecular formula is C16H17ClO2. The number of carboxylic acid groups (broad SMARTS) is 1. The molecule has 1 N–H and O–H groups in total. The van der Waals surface area contributed by atoms with Crippen LogP contribution < -0.4 is 0 Å². The van der Waals surface area contributed by atoms with Gasteiger partial charge >= 0.3 is 5.97 Å². The lowest BCUT2D eigenvalue weighted by atomic mass is 9.64. The summed E-state index contributed by atoms with van der Waals surface area (Å²) in [6, 6.07) is 5.81. The highest BCUT2D eigenvalue weighted by Crippen LogP contribution is 2.53. The van der Waals surface area contributed by atoms with Crippen molar-refractivity contribution in [2.24, 2.45) is 5.92 Å². The minimum atomic E-state index is -0.804. The van der Waals surface area contributed by atoms with Crippen LogP contribution in [0, 0.1) is 5.92 Å². The van der Waals surface area contributed by atoms with Gasteiger partial charge in [-0.2, -0.15) is 0 Å². The Morgan fingerprint density at radius 1 is 1.47 bits per heavy atom. The molecule has 0 heterocycles. The molecule has 2 nitrogen and oxygen atoms in total. The van der Waals surface area contributed by atoms with Gasteiger partial charge in [0.05, 0.1) is 0 Å². The molecule has 1 aromatic carbocycles. The Morgan fingerprint density at radius 3 is 2.95 bits per heavy atom. The summed E-state index contributed by atoms with van der Waals surface area (Å²) < 4.78 is 0. The van der Waals surface area contributed by atoms with Gasteiger partial charge in [-0.25, -0.2) is 4.79 Å². The largest absolute Gasteiger partial charge is 0.478 e. The number of benzene rings is 1. The summed E-state index contributed by atoms with van der Waals surface area (Å²) in [7, 11) is 0. The summed E-state index contributed by atoms with van der Waals surface area (Å²) in [5, 5.41) is 10.2. The zero-order chi connectivity index (χ0) is 13.6. The molecule has 2 aliphatic rings. The Bertz CT molecular complexity index is 576. The van der Waals surface area contributed by atoms with Gasteiger partial charge in [-0.3, -0.25) is 0 Å². The summed E-state index contributed by atoms with van der Waals surface area (Å²) in [6.45, 7) is 2.21. The van der Waals surface area contributed by atoms with Crippen molar-refractivity contribution in [3.05, 3.63) is 39.9 Å².